The highest BCUT2D eigenvalue weighted by atomic mass is 16.2. The van der Waals surface area contributed by atoms with Crippen molar-refractivity contribution in [2.24, 2.45) is 5.92 Å². The first-order valence-corrected chi connectivity index (χ1v) is 9.48. The molecule has 0 spiro atoms. The molecule has 1 N–H and O–H groups in total. The zero-order valence-electron chi connectivity index (χ0n) is 15.1. The van der Waals surface area contributed by atoms with E-state index in [1.165, 1.54) is 12.8 Å². The number of aromatic nitrogens is 1. The van der Waals surface area contributed by atoms with Crippen LogP contribution in [0.3, 0.4) is 0 Å². The predicted octanol–water partition coefficient (Wildman–Crippen LogP) is 2.89. The van der Waals surface area contributed by atoms with Crippen LogP contribution in [-0.2, 0) is 13.1 Å². The number of nitrogens with zero attached hydrogens (tertiary/aromatic N) is 3. The Balaban J connectivity index is 1.37. The number of pyridine rings is 1. The van der Waals surface area contributed by atoms with E-state index in [1.807, 2.05) is 53.6 Å². The molecule has 3 aliphatic rings. The molecule has 5 rings (SSSR count). The second kappa shape index (κ2) is 7.87. The maximum atomic E-state index is 12.7. The Kier molecular flexibility index (Phi) is 5.16. The SMILES string of the molecule is O=C(NCc1ccccc1)N1C[C@@H]2CC[C@H](C1)N(Cc1ccccn1)C2. The van der Waals surface area contributed by atoms with Gasteiger partial charge in [-0.2, -0.15) is 0 Å². The van der Waals surface area contributed by atoms with E-state index >= 15 is 0 Å². The number of urea groups is 1. The van der Waals surface area contributed by atoms with Crippen LogP contribution < -0.4 is 5.32 Å². The van der Waals surface area contributed by atoms with Crippen LogP contribution in [0.15, 0.2) is 54.7 Å². The summed E-state index contributed by atoms with van der Waals surface area (Å²) in [4.78, 5) is 21.7. The maximum absolute atomic E-state index is 12.7. The largest absolute Gasteiger partial charge is 0.334 e. The van der Waals surface area contributed by atoms with E-state index in [-0.39, 0.29) is 6.03 Å². The van der Waals surface area contributed by atoms with Crippen LogP contribution in [0, 0.1) is 5.92 Å². The van der Waals surface area contributed by atoms with Gasteiger partial charge in [0.25, 0.3) is 0 Å². The van der Waals surface area contributed by atoms with Crippen molar-refractivity contribution in [3.05, 3.63) is 66.0 Å². The summed E-state index contributed by atoms with van der Waals surface area (Å²) in [6.07, 6.45) is 4.24. The Morgan fingerprint density at radius 2 is 1.88 bits per heavy atom. The number of carbonyl (C=O) groups excluding carboxylic acids is 1. The summed E-state index contributed by atoms with van der Waals surface area (Å²) in [6.45, 7) is 4.19. The van der Waals surface area contributed by atoms with E-state index in [1.54, 1.807) is 0 Å². The van der Waals surface area contributed by atoms with Gasteiger partial charge < -0.3 is 10.2 Å². The zero-order chi connectivity index (χ0) is 17.8. The lowest BCUT2D eigenvalue weighted by Crippen LogP contribution is -2.45. The topological polar surface area (TPSA) is 48.5 Å². The Bertz CT molecular complexity index is 721. The highest BCUT2D eigenvalue weighted by molar-refractivity contribution is 5.74. The molecule has 5 nitrogen and oxygen atoms in total. The van der Waals surface area contributed by atoms with Crippen LogP contribution in [0.25, 0.3) is 0 Å². The van der Waals surface area contributed by atoms with Crippen molar-refractivity contribution < 1.29 is 4.79 Å². The third kappa shape index (κ3) is 4.05. The molecule has 1 aromatic carbocycles. The lowest BCUT2D eigenvalue weighted by molar-refractivity contribution is 0.122. The first kappa shape index (κ1) is 17.0. The van der Waals surface area contributed by atoms with E-state index in [9.17, 15) is 4.79 Å². The molecule has 3 aliphatic heterocycles. The van der Waals surface area contributed by atoms with Gasteiger partial charge >= 0.3 is 6.03 Å². The molecule has 0 unspecified atom stereocenters. The molecule has 2 bridgehead atoms. The average molecular weight is 350 g/mol. The zero-order valence-corrected chi connectivity index (χ0v) is 15.1. The minimum Gasteiger partial charge on any atom is -0.334 e. The van der Waals surface area contributed by atoms with Gasteiger partial charge in [-0.25, -0.2) is 4.79 Å². The fourth-order valence-corrected chi connectivity index (χ4v) is 4.12. The van der Waals surface area contributed by atoms with Gasteiger partial charge in [0.15, 0.2) is 0 Å². The summed E-state index contributed by atoms with van der Waals surface area (Å²) in [5.74, 6) is 0.555. The number of rotatable bonds is 4. The molecule has 0 radical (unpaired) electrons. The van der Waals surface area contributed by atoms with E-state index in [0.717, 1.165) is 37.4 Å². The fraction of sp³-hybridized carbons (Fsp3) is 0.429. The van der Waals surface area contributed by atoms with E-state index < -0.39 is 0 Å². The summed E-state index contributed by atoms with van der Waals surface area (Å²) in [6, 6.07) is 16.7. The minimum atomic E-state index is 0.0606. The van der Waals surface area contributed by atoms with Gasteiger partial charge in [-0.3, -0.25) is 9.88 Å². The smallest absolute Gasteiger partial charge is 0.317 e. The number of nitrogens with one attached hydrogen (secondary N) is 1. The Labute approximate surface area is 155 Å². The lowest BCUT2D eigenvalue weighted by Gasteiger charge is -2.35. The molecule has 136 valence electrons. The number of carbonyl (C=O) groups is 1. The molecule has 3 fully saturated rings. The monoisotopic (exact) mass is 350 g/mol. The number of piperidine rings is 1. The van der Waals surface area contributed by atoms with E-state index in [2.05, 4.69) is 21.3 Å². The standard InChI is InChI=1S/C21H26N4O/c26-21(23-12-17-6-2-1-3-7-17)25-14-18-9-10-20(16-25)24(13-18)15-19-8-4-5-11-22-19/h1-8,11,18,20H,9-10,12-16H2,(H,23,26)/t18-,20-/m1/s1. The molecule has 2 aromatic rings. The van der Waals surface area contributed by atoms with Crippen LogP contribution in [0.5, 0.6) is 0 Å². The van der Waals surface area contributed by atoms with E-state index in [4.69, 9.17) is 0 Å². The summed E-state index contributed by atoms with van der Waals surface area (Å²) in [5.41, 5.74) is 2.25. The van der Waals surface area contributed by atoms with Gasteiger partial charge in [0.1, 0.15) is 0 Å². The minimum absolute atomic E-state index is 0.0606. The van der Waals surface area contributed by atoms with Crippen molar-refractivity contribution in [2.75, 3.05) is 19.6 Å². The molecule has 4 heterocycles. The molecular weight excluding hydrogens is 324 g/mol. The first-order valence-electron chi connectivity index (χ1n) is 9.48. The highest BCUT2D eigenvalue weighted by Gasteiger charge is 2.36. The number of hydrogen-bond acceptors (Lipinski definition) is 3. The highest BCUT2D eigenvalue weighted by Crippen LogP contribution is 2.29. The van der Waals surface area contributed by atoms with Crippen LogP contribution in [0.1, 0.15) is 24.1 Å². The average Bonchev–Trinajstić information content (AvgIpc) is 3.00. The maximum Gasteiger partial charge on any atom is 0.317 e. The number of hydrogen-bond donors (Lipinski definition) is 1. The third-order valence-electron chi connectivity index (χ3n) is 5.49. The van der Waals surface area contributed by atoms with Crippen molar-refractivity contribution in [3.8, 4) is 0 Å². The van der Waals surface area contributed by atoms with Crippen LogP contribution >= 0.6 is 0 Å². The van der Waals surface area contributed by atoms with Gasteiger partial charge in [-0.15, -0.1) is 0 Å². The molecule has 0 aliphatic carbocycles. The molecule has 1 aromatic heterocycles. The molecule has 3 saturated heterocycles. The second-order valence-corrected chi connectivity index (χ2v) is 7.40. The normalized spacial score (nSPS) is 22.8. The van der Waals surface area contributed by atoms with Gasteiger partial charge in [0.2, 0.25) is 0 Å². The molecule has 2 amide bonds. The third-order valence-corrected chi connectivity index (χ3v) is 5.49. The fourth-order valence-electron chi connectivity index (χ4n) is 4.12. The Morgan fingerprint density at radius 1 is 1.04 bits per heavy atom. The van der Waals surface area contributed by atoms with Gasteiger partial charge in [0, 0.05) is 45.0 Å². The van der Waals surface area contributed by atoms with Crippen LogP contribution in [0.4, 0.5) is 4.79 Å². The number of benzene rings is 1. The van der Waals surface area contributed by atoms with Gasteiger partial charge in [0.05, 0.1) is 5.69 Å². The van der Waals surface area contributed by atoms with Crippen molar-refractivity contribution in [1.82, 2.24) is 20.1 Å². The quantitative estimate of drug-likeness (QED) is 0.922. The molecule has 26 heavy (non-hydrogen) atoms. The van der Waals surface area contributed by atoms with Gasteiger partial charge in [-0.1, -0.05) is 36.4 Å². The van der Waals surface area contributed by atoms with Crippen molar-refractivity contribution >= 4 is 6.03 Å². The van der Waals surface area contributed by atoms with Crippen LogP contribution in [-0.4, -0.2) is 46.5 Å². The Morgan fingerprint density at radius 3 is 2.69 bits per heavy atom. The van der Waals surface area contributed by atoms with Crippen molar-refractivity contribution in [1.29, 1.82) is 0 Å². The second-order valence-electron chi connectivity index (χ2n) is 7.40. The molecule has 5 heteroatoms. The van der Waals surface area contributed by atoms with Crippen LogP contribution in [0.2, 0.25) is 0 Å². The van der Waals surface area contributed by atoms with Crippen molar-refractivity contribution in [2.45, 2.75) is 32.0 Å². The number of fused-ring (bicyclic) bond motifs is 4. The first-order chi connectivity index (χ1) is 12.8. The summed E-state index contributed by atoms with van der Waals surface area (Å²) in [7, 11) is 0. The Hall–Kier alpha value is -2.40. The van der Waals surface area contributed by atoms with E-state index in [0.29, 0.717) is 18.5 Å². The summed E-state index contributed by atoms with van der Waals surface area (Å²) >= 11 is 0. The predicted molar refractivity (Wildman–Crippen MR) is 101 cm³/mol. The number of amides is 2. The summed E-state index contributed by atoms with van der Waals surface area (Å²) < 4.78 is 0. The van der Waals surface area contributed by atoms with Gasteiger partial charge in [-0.05, 0) is 36.5 Å². The van der Waals surface area contributed by atoms with Crippen molar-refractivity contribution in [3.63, 3.8) is 0 Å². The molecular formula is C21H26N4O. The molecule has 2 atom stereocenters. The summed E-state index contributed by atoms with van der Waals surface area (Å²) in [5, 5.41) is 3.09. The molecule has 0 saturated carbocycles. The lowest BCUT2D eigenvalue weighted by atomic mass is 9.95.